The number of nitrogens with zero attached hydrogens (tertiary/aromatic N) is 10. The van der Waals surface area contributed by atoms with Gasteiger partial charge in [-0.2, -0.15) is 10.2 Å². The molecule has 0 radical (unpaired) electrons. The number of halogens is 2. The summed E-state index contributed by atoms with van der Waals surface area (Å²) in [5, 5.41) is 13.7. The summed E-state index contributed by atoms with van der Waals surface area (Å²) in [5.74, 6) is 6.47. The van der Waals surface area contributed by atoms with Gasteiger partial charge in [0, 0.05) is 71.7 Å². The van der Waals surface area contributed by atoms with Crippen LogP contribution in [0.2, 0.25) is 0 Å². The van der Waals surface area contributed by atoms with Crippen molar-refractivity contribution in [3.63, 3.8) is 0 Å². The topological polar surface area (TPSA) is 160 Å². The lowest BCUT2D eigenvalue weighted by Crippen LogP contribution is -2.48. The van der Waals surface area contributed by atoms with Crippen LogP contribution in [0.3, 0.4) is 0 Å². The summed E-state index contributed by atoms with van der Waals surface area (Å²) in [5.41, 5.74) is 1.95. The third-order valence-corrected chi connectivity index (χ3v) is 13.4. The second kappa shape index (κ2) is 17.3. The van der Waals surface area contributed by atoms with Crippen molar-refractivity contribution in [1.29, 1.82) is 0 Å². The molecule has 4 aliphatic rings. The van der Waals surface area contributed by atoms with E-state index in [1.165, 1.54) is 19.8 Å². The molecule has 18 heteroatoms. The Hall–Kier alpha value is -5.93. The summed E-state index contributed by atoms with van der Waals surface area (Å²) in [6.45, 7) is 11.3. The van der Waals surface area contributed by atoms with Gasteiger partial charge in [0.2, 0.25) is 11.8 Å². The highest BCUT2D eigenvalue weighted by Crippen LogP contribution is 2.36. The Bertz CT molecular complexity index is 2670. The zero-order chi connectivity index (χ0) is 44.0. The number of imidazole rings is 1. The van der Waals surface area contributed by atoms with Gasteiger partial charge < -0.3 is 15.1 Å². The van der Waals surface area contributed by atoms with E-state index in [4.69, 9.17) is 4.98 Å². The number of anilines is 2. The number of carbonyl (C=O) groups is 3. The van der Waals surface area contributed by atoms with Crippen molar-refractivity contribution < 1.29 is 23.2 Å². The smallest absolute Gasteiger partial charge is 0.329 e. The van der Waals surface area contributed by atoms with E-state index in [0.29, 0.717) is 34.7 Å². The van der Waals surface area contributed by atoms with E-state index in [9.17, 15) is 28.0 Å². The molecule has 16 nitrogen and oxygen atoms in total. The molecule has 1 unspecified atom stereocenters. The number of hydrogen-bond acceptors (Lipinski definition) is 10. The molecule has 1 aromatic carbocycles. The van der Waals surface area contributed by atoms with Crippen molar-refractivity contribution in [2.75, 3.05) is 62.6 Å². The Kier molecular flexibility index (Phi) is 11.7. The van der Waals surface area contributed by atoms with E-state index >= 15 is 0 Å². The number of amides is 3. The molecule has 4 aromatic heterocycles. The molecule has 332 valence electrons. The molecule has 0 bridgehead atoms. The molecule has 3 saturated heterocycles. The van der Waals surface area contributed by atoms with Crippen LogP contribution in [0.4, 0.5) is 20.3 Å². The third-order valence-electron chi connectivity index (χ3n) is 13.4. The minimum atomic E-state index is -2.86. The molecular weight excluding hydrogens is 811 g/mol. The average Bonchev–Trinajstić information content (AvgIpc) is 3.96. The van der Waals surface area contributed by atoms with Crippen molar-refractivity contribution in [1.82, 2.24) is 48.6 Å². The van der Waals surface area contributed by atoms with Crippen LogP contribution in [0.1, 0.15) is 105 Å². The molecule has 5 aromatic rings. The van der Waals surface area contributed by atoms with Gasteiger partial charge in [-0.1, -0.05) is 31.8 Å². The lowest BCUT2D eigenvalue weighted by molar-refractivity contribution is -0.135. The predicted molar refractivity (Wildman–Crippen MR) is 233 cm³/mol. The number of aromatic nitrogens is 7. The van der Waals surface area contributed by atoms with Crippen molar-refractivity contribution in [2.24, 2.45) is 18.4 Å². The van der Waals surface area contributed by atoms with Crippen LogP contribution in [0.25, 0.3) is 16.7 Å². The molecule has 1 atom stereocenters. The van der Waals surface area contributed by atoms with Gasteiger partial charge in [0.15, 0.2) is 11.3 Å². The van der Waals surface area contributed by atoms with Gasteiger partial charge in [0.25, 0.3) is 12.3 Å². The molecule has 1 aliphatic carbocycles. The molecule has 0 spiro atoms. The quantitative estimate of drug-likeness (QED) is 0.156. The molecule has 7 heterocycles. The number of piperidine rings is 2. The lowest BCUT2D eigenvalue weighted by atomic mass is 9.84. The SMILES string of the molecule is Cn1c(=O)n(C2CCC(=O)NC2=O)c2cccc(C#CCN3CCN(C[C@H]4CC[C@H](n5cc(NC(=O)c6cnn7ccc(N8CCCC(C)(C)C8)nc67)c(C(F)F)n5)CC4)CC3)c21. The van der Waals surface area contributed by atoms with E-state index in [0.717, 1.165) is 90.2 Å². The van der Waals surface area contributed by atoms with Crippen LogP contribution in [0.5, 0.6) is 0 Å². The largest absolute Gasteiger partial charge is 0.356 e. The fourth-order valence-electron chi connectivity index (χ4n) is 9.96. The van der Waals surface area contributed by atoms with Crippen LogP contribution in [0.15, 0.2) is 47.7 Å². The minimum absolute atomic E-state index is 0.000455. The Labute approximate surface area is 363 Å². The number of hydrogen-bond donors (Lipinski definition) is 2. The van der Waals surface area contributed by atoms with Crippen molar-refractivity contribution in [3.05, 3.63) is 70.2 Å². The molecule has 9 rings (SSSR count). The maximum atomic E-state index is 14.3. The average molecular weight is 865 g/mol. The second-order valence-electron chi connectivity index (χ2n) is 18.4. The first-order valence-electron chi connectivity index (χ1n) is 22.1. The highest BCUT2D eigenvalue weighted by atomic mass is 19.3. The first-order chi connectivity index (χ1) is 30.3. The minimum Gasteiger partial charge on any atom is -0.356 e. The van der Waals surface area contributed by atoms with Crippen LogP contribution in [-0.2, 0) is 16.6 Å². The Morgan fingerprint density at radius 3 is 2.54 bits per heavy atom. The van der Waals surface area contributed by atoms with Gasteiger partial charge in [0.05, 0.1) is 41.1 Å². The number of rotatable bonds is 9. The summed E-state index contributed by atoms with van der Waals surface area (Å²) in [6.07, 6.45) is 8.04. The van der Waals surface area contributed by atoms with E-state index < -0.39 is 30.0 Å². The van der Waals surface area contributed by atoms with Gasteiger partial charge in [-0.05, 0) is 74.5 Å². The molecule has 63 heavy (non-hydrogen) atoms. The fourth-order valence-corrected chi connectivity index (χ4v) is 9.96. The number of aryl methyl sites for hydroxylation is 1. The van der Waals surface area contributed by atoms with Gasteiger partial charge in [-0.15, -0.1) is 0 Å². The number of alkyl halides is 2. The van der Waals surface area contributed by atoms with Crippen LogP contribution >= 0.6 is 0 Å². The van der Waals surface area contributed by atoms with Crippen LogP contribution in [0, 0.1) is 23.2 Å². The van der Waals surface area contributed by atoms with E-state index in [1.807, 2.05) is 24.3 Å². The standard InChI is InChI=1S/C45H54F2N12O4/c1-45(2)17-6-19-56(28-45)36-16-20-57-41(50-36)32(25-48-57)42(61)49-33-27-58(52-38(33)40(46)47)31-12-10-29(11-13-31)26-55-23-21-54(22-24-55)18-5-8-30-7-4-9-34-39(30)53(3)44(63)59(34)35-14-15-37(60)51-43(35)62/h4,7,9,16,20,25,27,29,31,35,40H,6,10-15,17-19,21-24,26,28H2,1-3H3,(H,49,61)(H,51,60,62)/t29-,31-,35?. The highest BCUT2D eigenvalue weighted by Gasteiger charge is 2.33. The van der Waals surface area contributed by atoms with Crippen LogP contribution in [-0.4, -0.2) is 113 Å². The molecule has 4 fully saturated rings. The van der Waals surface area contributed by atoms with E-state index in [2.05, 4.69) is 61.2 Å². The van der Waals surface area contributed by atoms with E-state index in [1.54, 1.807) is 24.1 Å². The monoisotopic (exact) mass is 864 g/mol. The highest BCUT2D eigenvalue weighted by molar-refractivity contribution is 6.08. The number of piperazine rings is 1. The van der Waals surface area contributed by atoms with Gasteiger partial charge in [-0.25, -0.2) is 23.1 Å². The molecule has 2 N–H and O–H groups in total. The van der Waals surface area contributed by atoms with Crippen LogP contribution < -0.4 is 21.2 Å². The fraction of sp³-hybridized carbons (Fsp3) is 0.533. The van der Waals surface area contributed by atoms with Gasteiger partial charge in [0.1, 0.15) is 17.4 Å². The molecule has 1 saturated carbocycles. The first kappa shape index (κ1) is 42.4. The zero-order valence-corrected chi connectivity index (χ0v) is 36.0. The van der Waals surface area contributed by atoms with Crippen molar-refractivity contribution in [2.45, 2.75) is 83.7 Å². The lowest BCUT2D eigenvalue weighted by Gasteiger charge is -2.38. The summed E-state index contributed by atoms with van der Waals surface area (Å²) in [6, 6.07) is 6.62. The maximum Gasteiger partial charge on any atom is 0.329 e. The zero-order valence-electron chi connectivity index (χ0n) is 36.0. The predicted octanol–water partition coefficient (Wildman–Crippen LogP) is 4.77. The Morgan fingerprint density at radius 2 is 1.79 bits per heavy atom. The Morgan fingerprint density at radius 1 is 1.02 bits per heavy atom. The molecule has 3 amide bonds. The summed E-state index contributed by atoms with van der Waals surface area (Å²) < 4.78 is 34.8. The number of para-hydroxylation sites is 1. The summed E-state index contributed by atoms with van der Waals surface area (Å²) in [4.78, 5) is 63.0. The number of carbonyl (C=O) groups excluding carboxylic acids is 3. The molecular formula is C45H54F2N12O4. The number of fused-ring (bicyclic) bond motifs is 2. The summed E-state index contributed by atoms with van der Waals surface area (Å²) >= 11 is 0. The number of benzene rings is 1. The van der Waals surface area contributed by atoms with Crippen molar-refractivity contribution >= 4 is 45.9 Å². The second-order valence-corrected chi connectivity index (χ2v) is 18.4. The van der Waals surface area contributed by atoms with Gasteiger partial charge >= 0.3 is 5.69 Å². The number of imide groups is 1. The van der Waals surface area contributed by atoms with Gasteiger partial charge in [-0.3, -0.25) is 38.4 Å². The number of nitrogens with one attached hydrogen (secondary N) is 2. The van der Waals surface area contributed by atoms with E-state index in [-0.39, 0.29) is 47.1 Å². The Balaban J connectivity index is 0.770. The third kappa shape index (κ3) is 8.72. The first-order valence-corrected chi connectivity index (χ1v) is 22.1. The maximum absolute atomic E-state index is 14.3. The molecule has 3 aliphatic heterocycles. The van der Waals surface area contributed by atoms with Crippen molar-refractivity contribution in [3.8, 4) is 11.8 Å². The summed E-state index contributed by atoms with van der Waals surface area (Å²) in [7, 11) is 1.68. The normalized spacial score (nSPS) is 22.4.